The first kappa shape index (κ1) is 16.1. The van der Waals surface area contributed by atoms with Gasteiger partial charge >= 0.3 is 0 Å². The number of benzene rings is 1. The lowest BCUT2D eigenvalue weighted by Crippen LogP contribution is -2.36. The van der Waals surface area contributed by atoms with Gasteiger partial charge in [-0.05, 0) is 43.4 Å². The van der Waals surface area contributed by atoms with E-state index in [0.717, 1.165) is 37.9 Å². The molecular formula is C21H25N3O. The summed E-state index contributed by atoms with van der Waals surface area (Å²) in [5.74, 6) is 0.00606. The highest BCUT2D eigenvalue weighted by Crippen LogP contribution is 2.33. The van der Waals surface area contributed by atoms with Crippen LogP contribution < -0.4 is 10.2 Å². The SMILES string of the molecule is O=C(NC1CCCCC1)c1cncc(N2CCCc3ccccc32)c1. The minimum atomic E-state index is 0.00606. The van der Waals surface area contributed by atoms with Crippen molar-refractivity contribution in [3.05, 3.63) is 53.9 Å². The van der Waals surface area contributed by atoms with E-state index in [1.807, 2.05) is 12.3 Å². The van der Waals surface area contributed by atoms with E-state index in [1.165, 1.54) is 30.5 Å². The zero-order valence-corrected chi connectivity index (χ0v) is 14.6. The number of para-hydroxylation sites is 1. The Kier molecular flexibility index (Phi) is 4.68. The maximum absolute atomic E-state index is 12.6. The average molecular weight is 335 g/mol. The first-order valence-electron chi connectivity index (χ1n) is 9.42. The summed E-state index contributed by atoms with van der Waals surface area (Å²) >= 11 is 0. The molecule has 1 aromatic heterocycles. The number of aromatic nitrogens is 1. The molecule has 2 aliphatic rings. The van der Waals surface area contributed by atoms with Crippen molar-refractivity contribution < 1.29 is 4.79 Å². The standard InChI is InChI=1S/C21H25N3O/c25-21(23-18-9-2-1-3-10-18)17-13-19(15-22-14-17)24-12-6-8-16-7-4-5-11-20(16)24/h4-5,7,11,13-15,18H,1-3,6,8-10,12H2,(H,23,25). The van der Waals surface area contributed by atoms with Crippen molar-refractivity contribution in [3.63, 3.8) is 0 Å². The molecule has 1 aromatic carbocycles. The Bertz CT molecular complexity index is 752. The van der Waals surface area contributed by atoms with Crippen LogP contribution in [0.2, 0.25) is 0 Å². The lowest BCUT2D eigenvalue weighted by molar-refractivity contribution is 0.0927. The maximum Gasteiger partial charge on any atom is 0.253 e. The summed E-state index contributed by atoms with van der Waals surface area (Å²) in [5.41, 5.74) is 4.26. The predicted molar refractivity (Wildman–Crippen MR) is 100 cm³/mol. The molecule has 25 heavy (non-hydrogen) atoms. The van der Waals surface area contributed by atoms with Crippen molar-refractivity contribution in [3.8, 4) is 0 Å². The second-order valence-electron chi connectivity index (χ2n) is 7.12. The van der Waals surface area contributed by atoms with Crippen molar-refractivity contribution in [2.24, 2.45) is 0 Å². The van der Waals surface area contributed by atoms with Gasteiger partial charge in [-0.2, -0.15) is 0 Å². The summed E-state index contributed by atoms with van der Waals surface area (Å²) in [6.07, 6.45) is 11.7. The molecule has 2 aromatic rings. The maximum atomic E-state index is 12.6. The van der Waals surface area contributed by atoms with Crippen LogP contribution in [0, 0.1) is 0 Å². The van der Waals surface area contributed by atoms with Gasteiger partial charge in [-0.25, -0.2) is 0 Å². The molecule has 0 saturated heterocycles. The molecule has 4 nitrogen and oxygen atoms in total. The minimum Gasteiger partial charge on any atom is -0.349 e. The van der Waals surface area contributed by atoms with Gasteiger partial charge in [-0.3, -0.25) is 9.78 Å². The Hall–Kier alpha value is -2.36. The molecule has 4 rings (SSSR count). The number of pyridine rings is 1. The van der Waals surface area contributed by atoms with Crippen LogP contribution in [-0.4, -0.2) is 23.5 Å². The van der Waals surface area contributed by atoms with E-state index >= 15 is 0 Å². The summed E-state index contributed by atoms with van der Waals surface area (Å²) in [4.78, 5) is 19.2. The Morgan fingerprint density at radius 2 is 1.92 bits per heavy atom. The molecule has 1 aliphatic heterocycles. The Balaban J connectivity index is 1.55. The van der Waals surface area contributed by atoms with Gasteiger partial charge in [-0.15, -0.1) is 0 Å². The molecular weight excluding hydrogens is 310 g/mol. The fourth-order valence-electron chi connectivity index (χ4n) is 4.02. The number of nitrogens with zero attached hydrogens (tertiary/aromatic N) is 2. The third kappa shape index (κ3) is 3.53. The number of carbonyl (C=O) groups excluding carboxylic acids is 1. The lowest BCUT2D eigenvalue weighted by atomic mass is 9.95. The van der Waals surface area contributed by atoms with E-state index in [-0.39, 0.29) is 5.91 Å². The topological polar surface area (TPSA) is 45.2 Å². The van der Waals surface area contributed by atoms with Gasteiger partial charge in [-0.1, -0.05) is 37.5 Å². The van der Waals surface area contributed by atoms with Crippen molar-refractivity contribution >= 4 is 17.3 Å². The number of aryl methyl sites for hydroxylation is 1. The van der Waals surface area contributed by atoms with Crippen molar-refractivity contribution in [2.75, 3.05) is 11.4 Å². The van der Waals surface area contributed by atoms with Crippen LogP contribution in [0.3, 0.4) is 0 Å². The molecule has 1 aliphatic carbocycles. The number of fused-ring (bicyclic) bond motifs is 1. The normalized spacial score (nSPS) is 17.8. The zero-order valence-electron chi connectivity index (χ0n) is 14.6. The number of rotatable bonds is 3. The number of hydrogen-bond acceptors (Lipinski definition) is 3. The molecule has 1 N–H and O–H groups in total. The van der Waals surface area contributed by atoms with E-state index < -0.39 is 0 Å². The van der Waals surface area contributed by atoms with Crippen molar-refractivity contribution in [2.45, 2.75) is 51.0 Å². The first-order valence-corrected chi connectivity index (χ1v) is 9.42. The molecule has 1 saturated carbocycles. The second kappa shape index (κ2) is 7.26. The third-order valence-corrected chi connectivity index (χ3v) is 5.35. The quantitative estimate of drug-likeness (QED) is 0.913. The van der Waals surface area contributed by atoms with Crippen LogP contribution in [0.4, 0.5) is 11.4 Å². The number of hydrogen-bond donors (Lipinski definition) is 1. The van der Waals surface area contributed by atoms with Crippen LogP contribution in [0.5, 0.6) is 0 Å². The molecule has 2 heterocycles. The first-order chi connectivity index (χ1) is 12.3. The molecule has 0 radical (unpaired) electrons. The average Bonchev–Trinajstić information content (AvgIpc) is 2.68. The van der Waals surface area contributed by atoms with Gasteiger partial charge in [0.1, 0.15) is 0 Å². The van der Waals surface area contributed by atoms with Crippen molar-refractivity contribution in [1.82, 2.24) is 10.3 Å². The second-order valence-corrected chi connectivity index (χ2v) is 7.12. The van der Waals surface area contributed by atoms with Gasteiger partial charge in [0.15, 0.2) is 0 Å². The minimum absolute atomic E-state index is 0.00606. The highest BCUT2D eigenvalue weighted by atomic mass is 16.1. The van der Waals surface area contributed by atoms with Gasteiger partial charge in [0, 0.05) is 24.5 Å². The van der Waals surface area contributed by atoms with E-state index in [0.29, 0.717) is 11.6 Å². The van der Waals surface area contributed by atoms with E-state index in [4.69, 9.17) is 0 Å². The fourth-order valence-corrected chi connectivity index (χ4v) is 4.02. The van der Waals surface area contributed by atoms with Gasteiger partial charge in [0.25, 0.3) is 5.91 Å². The smallest absolute Gasteiger partial charge is 0.253 e. The Morgan fingerprint density at radius 3 is 2.80 bits per heavy atom. The van der Waals surface area contributed by atoms with Crippen molar-refractivity contribution in [1.29, 1.82) is 0 Å². The summed E-state index contributed by atoms with van der Waals surface area (Å²) in [5, 5.41) is 3.19. The molecule has 0 bridgehead atoms. The van der Waals surface area contributed by atoms with Crippen LogP contribution in [0.1, 0.15) is 54.4 Å². The van der Waals surface area contributed by atoms with Gasteiger partial charge < -0.3 is 10.2 Å². The number of amides is 1. The number of nitrogens with one attached hydrogen (secondary N) is 1. The van der Waals surface area contributed by atoms with Gasteiger partial charge in [0.05, 0.1) is 17.4 Å². The van der Waals surface area contributed by atoms with Crippen LogP contribution in [-0.2, 0) is 6.42 Å². The van der Waals surface area contributed by atoms with Crippen LogP contribution >= 0.6 is 0 Å². The Morgan fingerprint density at radius 1 is 1.08 bits per heavy atom. The molecule has 1 fully saturated rings. The monoisotopic (exact) mass is 335 g/mol. The predicted octanol–water partition coefficient (Wildman–Crippen LogP) is 4.23. The largest absolute Gasteiger partial charge is 0.349 e. The number of anilines is 2. The molecule has 0 atom stereocenters. The molecule has 130 valence electrons. The zero-order chi connectivity index (χ0) is 17.1. The van der Waals surface area contributed by atoms with Gasteiger partial charge in [0.2, 0.25) is 0 Å². The number of carbonyl (C=O) groups is 1. The van der Waals surface area contributed by atoms with E-state index in [2.05, 4.69) is 39.5 Å². The molecule has 0 unspecified atom stereocenters. The fraction of sp³-hybridized carbons (Fsp3) is 0.429. The lowest BCUT2D eigenvalue weighted by Gasteiger charge is -2.31. The summed E-state index contributed by atoms with van der Waals surface area (Å²) in [7, 11) is 0. The summed E-state index contributed by atoms with van der Waals surface area (Å²) in [6, 6.07) is 10.8. The van der Waals surface area contributed by atoms with Crippen LogP contribution in [0.15, 0.2) is 42.7 Å². The highest BCUT2D eigenvalue weighted by molar-refractivity contribution is 5.95. The third-order valence-electron chi connectivity index (χ3n) is 5.35. The Labute approximate surface area is 149 Å². The van der Waals surface area contributed by atoms with Crippen LogP contribution in [0.25, 0.3) is 0 Å². The molecule has 0 spiro atoms. The molecule has 4 heteroatoms. The van der Waals surface area contributed by atoms with E-state index in [9.17, 15) is 4.79 Å². The van der Waals surface area contributed by atoms with E-state index in [1.54, 1.807) is 6.20 Å². The molecule has 1 amide bonds. The summed E-state index contributed by atoms with van der Waals surface area (Å²) in [6.45, 7) is 0.965. The summed E-state index contributed by atoms with van der Waals surface area (Å²) < 4.78 is 0. The highest BCUT2D eigenvalue weighted by Gasteiger charge is 2.20.